The van der Waals surface area contributed by atoms with E-state index in [2.05, 4.69) is 9.97 Å². The highest BCUT2D eigenvalue weighted by Crippen LogP contribution is 2.19. The van der Waals surface area contributed by atoms with Gasteiger partial charge in [0.25, 0.3) is 0 Å². The molecule has 0 atom stereocenters. The van der Waals surface area contributed by atoms with Gasteiger partial charge < -0.3 is 9.30 Å². The number of fused-ring (bicyclic) bond motifs is 1. The van der Waals surface area contributed by atoms with Crippen LogP contribution in [0.25, 0.3) is 11.2 Å². The largest absolute Gasteiger partial charge is 0.383 e. The Morgan fingerprint density at radius 1 is 1.22 bits per heavy atom. The third-order valence-corrected chi connectivity index (χ3v) is 3.45. The highest BCUT2D eigenvalue weighted by Gasteiger charge is 2.17. The molecule has 116 valence electrons. The Balaban J connectivity index is 2.07. The summed E-state index contributed by atoms with van der Waals surface area (Å²) in [6.07, 6.45) is 7.14. The topological polar surface area (TPSA) is 50.5 Å². The average molecular weight is 306 g/mol. The quantitative estimate of drug-likeness (QED) is 0.549. The molecule has 0 bridgehead atoms. The third kappa shape index (κ3) is 3.13. The van der Waals surface area contributed by atoms with Crippen molar-refractivity contribution in [3.05, 3.63) is 72.1 Å². The van der Waals surface area contributed by atoms with Crippen molar-refractivity contribution in [1.29, 1.82) is 0 Å². The Morgan fingerprint density at radius 2 is 2.04 bits per heavy atom. The molecule has 3 aromatic rings. The van der Waals surface area contributed by atoms with Crippen molar-refractivity contribution in [2.45, 2.75) is 6.92 Å². The van der Waals surface area contributed by atoms with Crippen LogP contribution in [0.15, 0.2) is 55.1 Å². The van der Waals surface area contributed by atoms with Gasteiger partial charge in [0.15, 0.2) is 5.78 Å². The Labute approximate surface area is 134 Å². The first-order valence-corrected chi connectivity index (χ1v) is 7.34. The van der Waals surface area contributed by atoms with Crippen molar-refractivity contribution in [3.63, 3.8) is 0 Å². The Morgan fingerprint density at radius 3 is 2.78 bits per heavy atom. The van der Waals surface area contributed by atoms with E-state index >= 15 is 0 Å². The molecule has 0 fully saturated rings. The van der Waals surface area contributed by atoms with Gasteiger partial charge in [0.2, 0.25) is 0 Å². The number of carbonyl (C=O) groups is 1. The number of rotatable bonds is 4. The van der Waals surface area contributed by atoms with E-state index < -0.39 is 0 Å². The van der Waals surface area contributed by atoms with Gasteiger partial charge in [-0.1, -0.05) is 6.07 Å². The zero-order chi connectivity index (χ0) is 16.4. The SMILES string of the molecule is Cc1cccc(/C(=C/N(C)C)C(=O)c2ccc3nccn3c2)n1. The molecule has 0 saturated carbocycles. The van der Waals surface area contributed by atoms with Gasteiger partial charge in [-0.25, -0.2) is 4.98 Å². The van der Waals surface area contributed by atoms with Crippen LogP contribution in [0, 0.1) is 6.92 Å². The molecule has 0 aliphatic carbocycles. The molecule has 3 rings (SSSR count). The number of imidazole rings is 1. The molecule has 3 heterocycles. The summed E-state index contributed by atoms with van der Waals surface area (Å²) in [5, 5.41) is 0. The molecular weight excluding hydrogens is 288 g/mol. The molecule has 0 N–H and O–H groups in total. The molecule has 23 heavy (non-hydrogen) atoms. The van der Waals surface area contributed by atoms with Crippen molar-refractivity contribution in [2.75, 3.05) is 14.1 Å². The van der Waals surface area contributed by atoms with Gasteiger partial charge in [-0.3, -0.25) is 9.78 Å². The number of allylic oxidation sites excluding steroid dienone is 1. The van der Waals surface area contributed by atoms with Crippen LogP contribution in [0.4, 0.5) is 0 Å². The van der Waals surface area contributed by atoms with Crippen LogP contribution in [-0.2, 0) is 0 Å². The second-order valence-electron chi connectivity index (χ2n) is 5.61. The molecule has 0 spiro atoms. The predicted octanol–water partition coefficient (Wildman–Crippen LogP) is 2.82. The number of hydrogen-bond acceptors (Lipinski definition) is 4. The lowest BCUT2D eigenvalue weighted by Crippen LogP contribution is -2.11. The molecule has 0 aromatic carbocycles. The maximum Gasteiger partial charge on any atom is 0.198 e. The fourth-order valence-electron chi connectivity index (χ4n) is 2.40. The summed E-state index contributed by atoms with van der Waals surface area (Å²) >= 11 is 0. The first kappa shape index (κ1) is 15.0. The van der Waals surface area contributed by atoms with E-state index in [0.29, 0.717) is 16.8 Å². The number of hydrogen-bond donors (Lipinski definition) is 0. The first-order valence-electron chi connectivity index (χ1n) is 7.34. The summed E-state index contributed by atoms with van der Waals surface area (Å²) in [5.74, 6) is -0.0626. The van der Waals surface area contributed by atoms with Gasteiger partial charge in [-0.2, -0.15) is 0 Å². The molecule has 5 heteroatoms. The molecule has 3 aromatic heterocycles. The van der Waals surface area contributed by atoms with Gasteiger partial charge in [-0.15, -0.1) is 0 Å². The van der Waals surface area contributed by atoms with Crippen molar-refractivity contribution >= 4 is 17.0 Å². The lowest BCUT2D eigenvalue weighted by Gasteiger charge is -2.12. The number of ketones is 1. The summed E-state index contributed by atoms with van der Waals surface area (Å²) in [6, 6.07) is 9.32. The van der Waals surface area contributed by atoms with Crippen LogP contribution in [0.3, 0.4) is 0 Å². The first-order chi connectivity index (χ1) is 11.0. The fourth-order valence-corrected chi connectivity index (χ4v) is 2.40. The molecule has 0 aliphatic rings. The van der Waals surface area contributed by atoms with E-state index in [1.54, 1.807) is 18.5 Å². The van der Waals surface area contributed by atoms with Crippen LogP contribution in [0.2, 0.25) is 0 Å². The lowest BCUT2D eigenvalue weighted by atomic mass is 10.0. The van der Waals surface area contributed by atoms with E-state index in [1.165, 1.54) is 0 Å². The Kier molecular flexibility index (Phi) is 3.93. The maximum absolute atomic E-state index is 13.0. The Hall–Kier alpha value is -2.95. The average Bonchev–Trinajstić information content (AvgIpc) is 2.99. The molecule has 0 saturated heterocycles. The number of aromatic nitrogens is 3. The second kappa shape index (κ2) is 6.04. The van der Waals surface area contributed by atoms with E-state index in [9.17, 15) is 4.79 Å². The Bertz CT molecular complexity index is 893. The zero-order valence-electron chi connectivity index (χ0n) is 13.4. The molecule has 0 radical (unpaired) electrons. The minimum atomic E-state index is -0.0626. The highest BCUT2D eigenvalue weighted by atomic mass is 16.1. The third-order valence-electron chi connectivity index (χ3n) is 3.45. The monoisotopic (exact) mass is 306 g/mol. The van der Waals surface area contributed by atoms with Gasteiger partial charge in [0.05, 0.1) is 11.3 Å². The van der Waals surface area contributed by atoms with Crippen LogP contribution in [0.5, 0.6) is 0 Å². The number of carbonyl (C=O) groups excluding carboxylic acids is 1. The van der Waals surface area contributed by atoms with Crippen molar-refractivity contribution in [3.8, 4) is 0 Å². The lowest BCUT2D eigenvalue weighted by molar-refractivity contribution is 0.105. The van der Waals surface area contributed by atoms with E-state index in [4.69, 9.17) is 0 Å². The molecule has 0 aliphatic heterocycles. The smallest absolute Gasteiger partial charge is 0.198 e. The number of Topliss-reactive ketones (excluding diaryl/α,β-unsaturated/α-hetero) is 1. The minimum Gasteiger partial charge on any atom is -0.383 e. The fraction of sp³-hybridized carbons (Fsp3) is 0.167. The number of nitrogens with zero attached hydrogens (tertiary/aromatic N) is 4. The predicted molar refractivity (Wildman–Crippen MR) is 90.2 cm³/mol. The minimum absolute atomic E-state index is 0.0626. The normalized spacial score (nSPS) is 11.7. The summed E-state index contributed by atoms with van der Waals surface area (Å²) in [7, 11) is 3.78. The van der Waals surface area contributed by atoms with E-state index in [-0.39, 0.29) is 5.78 Å². The molecule has 0 unspecified atom stereocenters. The van der Waals surface area contributed by atoms with Gasteiger partial charge >= 0.3 is 0 Å². The van der Waals surface area contributed by atoms with Crippen molar-refractivity contribution in [2.24, 2.45) is 0 Å². The van der Waals surface area contributed by atoms with Crippen LogP contribution in [0.1, 0.15) is 21.7 Å². The van der Waals surface area contributed by atoms with Crippen LogP contribution in [-0.4, -0.2) is 39.1 Å². The van der Waals surface area contributed by atoms with Crippen LogP contribution < -0.4 is 0 Å². The number of pyridine rings is 2. The molecule has 5 nitrogen and oxygen atoms in total. The van der Waals surface area contributed by atoms with E-state index in [1.807, 2.05) is 67.0 Å². The highest BCUT2D eigenvalue weighted by molar-refractivity contribution is 6.28. The summed E-state index contributed by atoms with van der Waals surface area (Å²) < 4.78 is 1.84. The maximum atomic E-state index is 13.0. The van der Waals surface area contributed by atoms with E-state index in [0.717, 1.165) is 11.3 Å². The summed E-state index contributed by atoms with van der Waals surface area (Å²) in [4.78, 5) is 23.5. The second-order valence-corrected chi connectivity index (χ2v) is 5.61. The van der Waals surface area contributed by atoms with Crippen LogP contribution >= 0.6 is 0 Å². The van der Waals surface area contributed by atoms with Crippen molar-refractivity contribution < 1.29 is 4.79 Å². The summed E-state index contributed by atoms with van der Waals surface area (Å²) in [6.45, 7) is 1.92. The van der Waals surface area contributed by atoms with Gasteiger partial charge in [0.1, 0.15) is 5.65 Å². The molecule has 0 amide bonds. The summed E-state index contributed by atoms with van der Waals surface area (Å²) in [5.41, 5.74) is 3.54. The van der Waals surface area contributed by atoms with Gasteiger partial charge in [0, 0.05) is 50.1 Å². The standard InChI is InChI=1S/C18H18N4O/c1-13-5-4-6-16(20-13)15(12-21(2)3)18(23)14-7-8-17-19-9-10-22(17)11-14/h4-12H,1-3H3/b15-12-. The van der Waals surface area contributed by atoms with Crippen molar-refractivity contribution in [1.82, 2.24) is 19.3 Å². The molecular formula is C18H18N4O. The number of aryl methyl sites for hydroxylation is 1. The zero-order valence-corrected chi connectivity index (χ0v) is 13.4. The van der Waals surface area contributed by atoms with Gasteiger partial charge in [-0.05, 0) is 31.2 Å².